The summed E-state index contributed by atoms with van der Waals surface area (Å²) in [5, 5.41) is 18.8. The molecule has 3 unspecified atom stereocenters. The van der Waals surface area contributed by atoms with E-state index in [9.17, 15) is 10.2 Å². The standard InChI is InChI=1S/C10H20N2O3/c1-11-2-3-15-8(4-11)5-12-6-9(13)10(14)7-12/h8-10,13-14H,2-7H2,1H3. The average molecular weight is 216 g/mol. The molecule has 88 valence electrons. The van der Waals surface area contributed by atoms with Crippen LogP contribution in [0.2, 0.25) is 0 Å². The molecule has 2 saturated heterocycles. The van der Waals surface area contributed by atoms with Gasteiger partial charge in [-0.25, -0.2) is 0 Å². The zero-order chi connectivity index (χ0) is 10.8. The summed E-state index contributed by atoms with van der Waals surface area (Å²) in [6.45, 7) is 4.62. The maximum Gasteiger partial charge on any atom is 0.0938 e. The van der Waals surface area contributed by atoms with Gasteiger partial charge < -0.3 is 19.8 Å². The molecule has 0 bridgehead atoms. The van der Waals surface area contributed by atoms with E-state index in [4.69, 9.17) is 4.74 Å². The molecule has 0 aromatic heterocycles. The van der Waals surface area contributed by atoms with Crippen LogP contribution in [0.3, 0.4) is 0 Å². The molecule has 0 aromatic rings. The van der Waals surface area contributed by atoms with Gasteiger partial charge in [-0.1, -0.05) is 0 Å². The summed E-state index contributed by atoms with van der Waals surface area (Å²) in [5.41, 5.74) is 0. The molecule has 0 radical (unpaired) electrons. The first-order valence-corrected chi connectivity index (χ1v) is 5.54. The van der Waals surface area contributed by atoms with Crippen molar-refractivity contribution in [3.05, 3.63) is 0 Å². The molecule has 2 fully saturated rings. The molecule has 3 atom stereocenters. The Hall–Kier alpha value is -0.200. The van der Waals surface area contributed by atoms with Gasteiger partial charge in [-0.3, -0.25) is 4.90 Å². The van der Waals surface area contributed by atoms with E-state index in [0.717, 1.165) is 26.2 Å². The highest BCUT2D eigenvalue weighted by atomic mass is 16.5. The number of hydrogen-bond donors (Lipinski definition) is 2. The van der Waals surface area contributed by atoms with E-state index in [1.165, 1.54) is 0 Å². The minimum absolute atomic E-state index is 0.209. The molecule has 0 amide bonds. The van der Waals surface area contributed by atoms with Crippen molar-refractivity contribution in [3.8, 4) is 0 Å². The van der Waals surface area contributed by atoms with Crippen LogP contribution in [0.15, 0.2) is 0 Å². The van der Waals surface area contributed by atoms with E-state index in [2.05, 4.69) is 16.8 Å². The smallest absolute Gasteiger partial charge is 0.0938 e. The van der Waals surface area contributed by atoms with Crippen LogP contribution in [0.4, 0.5) is 0 Å². The molecule has 5 nitrogen and oxygen atoms in total. The first-order valence-electron chi connectivity index (χ1n) is 5.54. The molecule has 0 spiro atoms. The van der Waals surface area contributed by atoms with Gasteiger partial charge in [-0.05, 0) is 7.05 Å². The monoisotopic (exact) mass is 216 g/mol. The second-order valence-electron chi connectivity index (χ2n) is 4.61. The van der Waals surface area contributed by atoms with Crippen LogP contribution in [-0.4, -0.2) is 84.7 Å². The second-order valence-corrected chi connectivity index (χ2v) is 4.61. The molecule has 2 rings (SSSR count). The van der Waals surface area contributed by atoms with E-state index in [-0.39, 0.29) is 6.10 Å². The van der Waals surface area contributed by atoms with E-state index in [0.29, 0.717) is 13.1 Å². The largest absolute Gasteiger partial charge is 0.389 e. The third-order valence-corrected chi connectivity index (χ3v) is 3.14. The summed E-state index contributed by atoms with van der Waals surface area (Å²) in [4.78, 5) is 4.32. The van der Waals surface area contributed by atoms with Crippen LogP contribution in [-0.2, 0) is 4.74 Å². The van der Waals surface area contributed by atoms with Crippen molar-refractivity contribution in [2.45, 2.75) is 18.3 Å². The topological polar surface area (TPSA) is 56.2 Å². The minimum Gasteiger partial charge on any atom is -0.389 e. The fraction of sp³-hybridized carbons (Fsp3) is 1.00. The number of nitrogens with zero attached hydrogens (tertiary/aromatic N) is 2. The lowest BCUT2D eigenvalue weighted by Gasteiger charge is -2.32. The fourth-order valence-corrected chi connectivity index (χ4v) is 2.26. The Morgan fingerprint density at radius 3 is 2.47 bits per heavy atom. The molecule has 15 heavy (non-hydrogen) atoms. The minimum atomic E-state index is -0.591. The van der Waals surface area contributed by atoms with Gasteiger partial charge in [0.05, 0.1) is 24.9 Å². The van der Waals surface area contributed by atoms with Crippen LogP contribution in [0.25, 0.3) is 0 Å². The number of hydrogen-bond acceptors (Lipinski definition) is 5. The molecule has 2 aliphatic heterocycles. The molecule has 2 aliphatic rings. The number of likely N-dealkylation sites (tertiary alicyclic amines) is 1. The lowest BCUT2D eigenvalue weighted by atomic mass is 10.2. The Kier molecular flexibility index (Phi) is 3.58. The Morgan fingerprint density at radius 1 is 1.20 bits per heavy atom. The molecular weight excluding hydrogens is 196 g/mol. The van der Waals surface area contributed by atoms with Crippen molar-refractivity contribution >= 4 is 0 Å². The Balaban J connectivity index is 1.77. The number of β-amino-alcohol motifs (C(OH)–C–C–N with tert-alkyl or cyclic N) is 2. The number of morpholine rings is 1. The van der Waals surface area contributed by atoms with Gasteiger partial charge in [0.2, 0.25) is 0 Å². The predicted molar refractivity (Wildman–Crippen MR) is 55.7 cm³/mol. The average Bonchev–Trinajstić information content (AvgIpc) is 2.45. The van der Waals surface area contributed by atoms with E-state index < -0.39 is 12.2 Å². The van der Waals surface area contributed by atoms with Gasteiger partial charge in [0.1, 0.15) is 0 Å². The molecular formula is C10H20N2O3. The van der Waals surface area contributed by atoms with Gasteiger partial charge in [-0.2, -0.15) is 0 Å². The molecule has 5 heteroatoms. The summed E-state index contributed by atoms with van der Waals surface area (Å²) in [5.74, 6) is 0. The third kappa shape index (κ3) is 2.89. The zero-order valence-electron chi connectivity index (χ0n) is 9.17. The van der Waals surface area contributed by atoms with Crippen molar-refractivity contribution in [1.29, 1.82) is 0 Å². The van der Waals surface area contributed by atoms with E-state index in [1.54, 1.807) is 0 Å². The number of aliphatic hydroxyl groups is 2. The number of aliphatic hydroxyl groups excluding tert-OH is 2. The molecule has 0 saturated carbocycles. The second kappa shape index (κ2) is 4.76. The lowest BCUT2D eigenvalue weighted by molar-refractivity contribution is -0.0341. The van der Waals surface area contributed by atoms with Crippen LogP contribution >= 0.6 is 0 Å². The Bertz CT molecular complexity index is 202. The highest BCUT2D eigenvalue weighted by Gasteiger charge is 2.31. The van der Waals surface area contributed by atoms with Crippen molar-refractivity contribution in [1.82, 2.24) is 9.80 Å². The van der Waals surface area contributed by atoms with Crippen LogP contribution < -0.4 is 0 Å². The predicted octanol–water partition coefficient (Wildman–Crippen LogP) is -1.65. The van der Waals surface area contributed by atoms with Crippen LogP contribution in [0, 0.1) is 0 Å². The highest BCUT2D eigenvalue weighted by Crippen LogP contribution is 2.12. The van der Waals surface area contributed by atoms with Gasteiger partial charge >= 0.3 is 0 Å². The summed E-state index contributed by atoms with van der Waals surface area (Å²) in [7, 11) is 2.09. The maximum atomic E-state index is 9.41. The first kappa shape index (κ1) is 11.3. The maximum absolute atomic E-state index is 9.41. The van der Waals surface area contributed by atoms with Crippen molar-refractivity contribution in [3.63, 3.8) is 0 Å². The van der Waals surface area contributed by atoms with Crippen molar-refractivity contribution < 1.29 is 14.9 Å². The summed E-state index contributed by atoms with van der Waals surface area (Å²) >= 11 is 0. The van der Waals surface area contributed by atoms with Gasteiger partial charge in [0.15, 0.2) is 0 Å². The first-order chi connectivity index (χ1) is 7.15. The van der Waals surface area contributed by atoms with Crippen molar-refractivity contribution in [2.24, 2.45) is 0 Å². The van der Waals surface area contributed by atoms with Crippen molar-refractivity contribution in [2.75, 3.05) is 46.4 Å². The van der Waals surface area contributed by atoms with Crippen LogP contribution in [0.5, 0.6) is 0 Å². The quantitative estimate of drug-likeness (QED) is 0.579. The van der Waals surface area contributed by atoms with Gasteiger partial charge in [-0.15, -0.1) is 0 Å². The normalized spacial score (nSPS) is 39.8. The highest BCUT2D eigenvalue weighted by molar-refractivity contribution is 4.85. The molecule has 2 heterocycles. The van der Waals surface area contributed by atoms with E-state index >= 15 is 0 Å². The molecule has 0 aromatic carbocycles. The summed E-state index contributed by atoms with van der Waals surface area (Å²) in [6, 6.07) is 0. The van der Waals surface area contributed by atoms with Gasteiger partial charge in [0.25, 0.3) is 0 Å². The molecule has 2 N–H and O–H groups in total. The Morgan fingerprint density at radius 2 is 1.87 bits per heavy atom. The fourth-order valence-electron chi connectivity index (χ4n) is 2.26. The molecule has 0 aliphatic carbocycles. The zero-order valence-corrected chi connectivity index (χ0v) is 9.17. The Labute approximate surface area is 90.2 Å². The van der Waals surface area contributed by atoms with Crippen LogP contribution in [0.1, 0.15) is 0 Å². The third-order valence-electron chi connectivity index (χ3n) is 3.14. The lowest BCUT2D eigenvalue weighted by Crippen LogP contribution is -2.45. The summed E-state index contributed by atoms with van der Waals surface area (Å²) in [6.07, 6.45) is -0.973. The van der Waals surface area contributed by atoms with Gasteiger partial charge in [0, 0.05) is 32.7 Å². The number of rotatable bonds is 2. The van der Waals surface area contributed by atoms with E-state index in [1.807, 2.05) is 0 Å². The summed E-state index contributed by atoms with van der Waals surface area (Å²) < 4.78 is 5.63. The number of ether oxygens (including phenoxy) is 1. The number of likely N-dealkylation sites (N-methyl/N-ethyl adjacent to an activating group) is 1. The SMILES string of the molecule is CN1CCOC(CN2CC(O)C(O)C2)C1.